The number of carboxylic acids is 1. The number of aliphatic carboxylic acids is 1. The SMILES string of the molecule is O=C(O)C(OC[C@@H]1CC[C@H](n2cnc3c(Cl)nc(Cl)nc32)O1)P(=O)(O)O. The number of ether oxygens (including phenoxy) is 2. The zero-order valence-electron chi connectivity index (χ0n) is 12.9. The summed E-state index contributed by atoms with van der Waals surface area (Å²) in [6, 6.07) is 0. The van der Waals surface area contributed by atoms with Gasteiger partial charge in [-0.2, -0.15) is 4.98 Å². The van der Waals surface area contributed by atoms with Gasteiger partial charge in [-0.25, -0.2) is 14.8 Å². The third kappa shape index (κ3) is 3.99. The van der Waals surface area contributed by atoms with Crippen LogP contribution >= 0.6 is 30.8 Å². The van der Waals surface area contributed by atoms with E-state index >= 15 is 0 Å². The van der Waals surface area contributed by atoms with Crippen molar-refractivity contribution in [1.82, 2.24) is 19.5 Å². The quantitative estimate of drug-likeness (QED) is 0.350. The molecule has 2 aromatic heterocycles. The molecule has 0 radical (unpaired) electrons. The summed E-state index contributed by atoms with van der Waals surface area (Å²) >= 11 is 11.8. The number of aromatic nitrogens is 4. The van der Waals surface area contributed by atoms with Crippen LogP contribution in [0.25, 0.3) is 11.2 Å². The Morgan fingerprint density at radius 3 is 2.81 bits per heavy atom. The van der Waals surface area contributed by atoms with Gasteiger partial charge in [0.25, 0.3) is 5.85 Å². The highest BCUT2D eigenvalue weighted by Gasteiger charge is 2.38. The predicted molar refractivity (Wildman–Crippen MR) is 87.9 cm³/mol. The van der Waals surface area contributed by atoms with Gasteiger partial charge < -0.3 is 24.4 Å². The van der Waals surface area contributed by atoms with Gasteiger partial charge in [0, 0.05) is 0 Å². The lowest BCUT2D eigenvalue weighted by Crippen LogP contribution is -2.28. The third-order valence-electron chi connectivity index (χ3n) is 3.70. The van der Waals surface area contributed by atoms with Gasteiger partial charge in [0.2, 0.25) is 5.28 Å². The highest BCUT2D eigenvalue weighted by molar-refractivity contribution is 7.53. The van der Waals surface area contributed by atoms with Crippen molar-refractivity contribution in [1.29, 1.82) is 0 Å². The van der Waals surface area contributed by atoms with Crippen LogP contribution in [-0.2, 0) is 18.8 Å². The van der Waals surface area contributed by atoms with E-state index in [1.165, 1.54) is 6.33 Å². The van der Waals surface area contributed by atoms with Gasteiger partial charge >= 0.3 is 13.6 Å². The van der Waals surface area contributed by atoms with E-state index in [-0.39, 0.29) is 17.0 Å². The molecular formula is C12H13Cl2N4O7P. The largest absolute Gasteiger partial charge is 0.479 e. The van der Waals surface area contributed by atoms with Gasteiger partial charge in [0.05, 0.1) is 19.0 Å². The summed E-state index contributed by atoms with van der Waals surface area (Å²) in [5, 5.41) is 8.90. The molecule has 3 rings (SSSR count). The fraction of sp³-hybridized carbons (Fsp3) is 0.500. The van der Waals surface area contributed by atoms with Crippen molar-refractivity contribution in [3.8, 4) is 0 Å². The van der Waals surface area contributed by atoms with Gasteiger partial charge in [0.15, 0.2) is 10.8 Å². The number of halogens is 2. The summed E-state index contributed by atoms with van der Waals surface area (Å²) in [5.41, 5.74) is 0.729. The van der Waals surface area contributed by atoms with Crippen LogP contribution in [0.3, 0.4) is 0 Å². The maximum Gasteiger partial charge on any atom is 0.365 e. The average molecular weight is 427 g/mol. The van der Waals surface area contributed by atoms with Crippen molar-refractivity contribution in [3.05, 3.63) is 16.8 Å². The maximum atomic E-state index is 11.1. The Balaban J connectivity index is 1.70. The van der Waals surface area contributed by atoms with Gasteiger partial charge in [-0.15, -0.1) is 0 Å². The second-order valence-corrected chi connectivity index (χ2v) is 7.85. The number of carboxylic acid groups (broad SMARTS) is 1. The van der Waals surface area contributed by atoms with Crippen LogP contribution in [0.1, 0.15) is 19.1 Å². The van der Waals surface area contributed by atoms with E-state index < -0.39 is 31.7 Å². The van der Waals surface area contributed by atoms with Crippen molar-refractivity contribution in [2.45, 2.75) is 31.0 Å². The molecule has 3 N–H and O–H groups in total. The summed E-state index contributed by atoms with van der Waals surface area (Å²) in [7, 11) is -4.93. The number of rotatable bonds is 6. The molecule has 0 saturated carbocycles. The lowest BCUT2D eigenvalue weighted by atomic mass is 10.2. The van der Waals surface area contributed by atoms with E-state index in [0.717, 1.165) is 0 Å². The summed E-state index contributed by atoms with van der Waals surface area (Å²) in [6.45, 7) is -0.290. The molecule has 0 spiro atoms. The van der Waals surface area contributed by atoms with E-state index in [9.17, 15) is 9.36 Å². The number of hydrogen-bond acceptors (Lipinski definition) is 7. The van der Waals surface area contributed by atoms with Crippen molar-refractivity contribution >= 4 is 47.9 Å². The Bertz CT molecular complexity index is 888. The van der Waals surface area contributed by atoms with Crippen molar-refractivity contribution in [2.24, 2.45) is 0 Å². The molecule has 1 saturated heterocycles. The molecule has 11 nitrogen and oxygen atoms in total. The van der Waals surface area contributed by atoms with Gasteiger partial charge in [-0.3, -0.25) is 9.13 Å². The molecule has 0 amide bonds. The van der Waals surface area contributed by atoms with Gasteiger partial charge in [-0.05, 0) is 24.4 Å². The Hall–Kier alpha value is -1.33. The first-order chi connectivity index (χ1) is 12.2. The van der Waals surface area contributed by atoms with Crippen LogP contribution in [0.5, 0.6) is 0 Å². The zero-order valence-corrected chi connectivity index (χ0v) is 15.3. The van der Waals surface area contributed by atoms with E-state index in [2.05, 4.69) is 15.0 Å². The monoisotopic (exact) mass is 426 g/mol. The first kappa shape index (κ1) is 19.4. The normalized spacial score (nSPS) is 22.0. The third-order valence-corrected chi connectivity index (χ3v) is 5.12. The van der Waals surface area contributed by atoms with Crippen molar-refractivity contribution in [2.75, 3.05) is 6.61 Å². The van der Waals surface area contributed by atoms with Crippen LogP contribution in [-0.4, -0.2) is 58.9 Å². The Kier molecular flexibility index (Phi) is 5.50. The molecule has 142 valence electrons. The van der Waals surface area contributed by atoms with E-state index in [1.807, 2.05) is 0 Å². The van der Waals surface area contributed by atoms with Crippen LogP contribution in [0.15, 0.2) is 6.33 Å². The summed E-state index contributed by atoms with van der Waals surface area (Å²) < 4.78 is 23.3. The molecule has 2 aromatic rings. The Morgan fingerprint density at radius 1 is 1.42 bits per heavy atom. The highest BCUT2D eigenvalue weighted by Crippen LogP contribution is 2.42. The first-order valence-corrected chi connectivity index (χ1v) is 9.71. The predicted octanol–water partition coefficient (Wildman–Crippen LogP) is 1.42. The molecule has 3 heterocycles. The topological polar surface area (TPSA) is 157 Å². The fourth-order valence-electron chi connectivity index (χ4n) is 2.59. The second kappa shape index (κ2) is 7.35. The van der Waals surface area contributed by atoms with Gasteiger partial charge in [-0.1, -0.05) is 11.6 Å². The maximum absolute atomic E-state index is 11.1. The van der Waals surface area contributed by atoms with Crippen LogP contribution in [0.2, 0.25) is 10.4 Å². The van der Waals surface area contributed by atoms with E-state index in [4.69, 9.17) is 47.6 Å². The summed E-state index contributed by atoms with van der Waals surface area (Å²) in [5.74, 6) is -3.97. The fourth-order valence-corrected chi connectivity index (χ4v) is 3.58. The smallest absolute Gasteiger partial charge is 0.365 e. The number of nitrogens with zero attached hydrogens (tertiary/aromatic N) is 4. The molecule has 1 fully saturated rings. The second-order valence-electron chi connectivity index (χ2n) is 5.51. The first-order valence-electron chi connectivity index (χ1n) is 7.27. The lowest BCUT2D eigenvalue weighted by Gasteiger charge is -2.18. The van der Waals surface area contributed by atoms with E-state index in [1.54, 1.807) is 4.57 Å². The van der Waals surface area contributed by atoms with Crippen molar-refractivity contribution in [3.63, 3.8) is 0 Å². The number of hydrogen-bond donors (Lipinski definition) is 3. The van der Waals surface area contributed by atoms with Gasteiger partial charge in [0.1, 0.15) is 11.7 Å². The highest BCUT2D eigenvalue weighted by atomic mass is 35.5. The van der Waals surface area contributed by atoms with Crippen LogP contribution < -0.4 is 0 Å². The summed E-state index contributed by atoms with van der Waals surface area (Å²) in [6.07, 6.45) is 1.41. The molecule has 0 bridgehead atoms. The molecule has 0 aromatic carbocycles. The number of fused-ring (bicyclic) bond motifs is 1. The van der Waals surface area contributed by atoms with E-state index in [0.29, 0.717) is 24.0 Å². The Morgan fingerprint density at radius 2 is 2.15 bits per heavy atom. The zero-order chi connectivity index (χ0) is 19.1. The standard InChI is InChI=1S/C12H13Cl2N4O7P/c13-8-7-9(17-12(14)16-8)18(4-15-7)6-2-1-5(25-6)3-24-11(10(19)20)26(21,22)23/h4-6,11H,1-3H2,(H,19,20)(H2,21,22,23)/t5-,6+,11?/m0/s1. The minimum Gasteiger partial charge on any atom is -0.479 e. The lowest BCUT2D eigenvalue weighted by molar-refractivity contribution is -0.148. The molecule has 14 heteroatoms. The molecule has 26 heavy (non-hydrogen) atoms. The van der Waals surface area contributed by atoms with Crippen LogP contribution in [0, 0.1) is 0 Å². The molecule has 1 unspecified atom stereocenters. The van der Waals surface area contributed by atoms with Crippen LogP contribution in [0.4, 0.5) is 0 Å². The molecule has 0 aliphatic carbocycles. The average Bonchev–Trinajstić information content (AvgIpc) is 3.12. The minimum absolute atomic E-state index is 0.0481. The number of carbonyl (C=O) groups is 1. The molecule has 1 aliphatic rings. The molecule has 1 aliphatic heterocycles. The minimum atomic E-state index is -4.93. The Labute approximate surface area is 156 Å². The molecule has 3 atom stereocenters. The molecular weight excluding hydrogens is 414 g/mol. The summed E-state index contributed by atoms with van der Waals surface area (Å²) in [4.78, 5) is 40.9. The van der Waals surface area contributed by atoms with Crippen molar-refractivity contribution < 1.29 is 33.7 Å². The number of imidazole rings is 1.